The Bertz CT molecular complexity index is 1310. The summed E-state index contributed by atoms with van der Waals surface area (Å²) >= 11 is 6.37. The van der Waals surface area contributed by atoms with Gasteiger partial charge in [-0.05, 0) is 68.4 Å². The standard InChI is InChI=1S/C26H25ClF3N3O2/c1-25(2,26(28,29)30)21(34)12-10-15-9-11-20(27)19(13-15)23-31-22(32-24(35)33-23)18-8-4-7-17(14-18)16-5-3-6-16/h4,7-9,11,13-14,16H,3,5-6,10,12H2,1-2H3,(H,31,32,33,35). The van der Waals surface area contributed by atoms with Gasteiger partial charge in [-0.15, -0.1) is 0 Å². The molecule has 0 bridgehead atoms. The summed E-state index contributed by atoms with van der Waals surface area (Å²) in [6.07, 6.45) is -1.34. The van der Waals surface area contributed by atoms with Gasteiger partial charge in [0.25, 0.3) is 0 Å². The van der Waals surface area contributed by atoms with Crippen LogP contribution in [-0.4, -0.2) is 26.9 Å². The Morgan fingerprint density at radius 2 is 1.86 bits per heavy atom. The lowest BCUT2D eigenvalue weighted by Gasteiger charge is -2.26. The van der Waals surface area contributed by atoms with E-state index >= 15 is 0 Å². The Balaban J connectivity index is 1.61. The molecule has 1 N–H and O–H groups in total. The molecule has 1 aliphatic rings. The molecule has 1 aliphatic carbocycles. The molecular formula is C26H25ClF3N3O2. The van der Waals surface area contributed by atoms with Crippen molar-refractivity contribution in [2.24, 2.45) is 5.41 Å². The Kier molecular flexibility index (Phi) is 6.86. The number of H-pyrrole nitrogens is 1. The van der Waals surface area contributed by atoms with Gasteiger partial charge in [0.1, 0.15) is 17.0 Å². The van der Waals surface area contributed by atoms with Gasteiger partial charge in [0.2, 0.25) is 0 Å². The lowest BCUT2D eigenvalue weighted by atomic mass is 9.80. The SMILES string of the molecule is CC(C)(C(=O)CCc1ccc(Cl)c(-c2nc(-c3cccc(C4CCC4)c3)nc(=O)[nH]2)c1)C(F)(F)F. The van der Waals surface area contributed by atoms with Crippen molar-refractivity contribution in [1.82, 2.24) is 15.0 Å². The molecule has 0 aliphatic heterocycles. The van der Waals surface area contributed by atoms with E-state index in [2.05, 4.69) is 21.0 Å². The summed E-state index contributed by atoms with van der Waals surface area (Å²) in [6.45, 7) is 1.77. The smallest absolute Gasteiger partial charge is 0.299 e. The van der Waals surface area contributed by atoms with E-state index in [9.17, 15) is 22.8 Å². The van der Waals surface area contributed by atoms with E-state index in [1.54, 1.807) is 18.2 Å². The Labute approximate surface area is 205 Å². The van der Waals surface area contributed by atoms with E-state index in [1.165, 1.54) is 12.0 Å². The Morgan fingerprint density at radius 3 is 2.51 bits per heavy atom. The molecule has 0 radical (unpaired) electrons. The first-order valence-electron chi connectivity index (χ1n) is 11.4. The maximum absolute atomic E-state index is 13.2. The van der Waals surface area contributed by atoms with E-state index in [0.717, 1.165) is 26.7 Å². The molecule has 184 valence electrons. The third-order valence-electron chi connectivity index (χ3n) is 6.70. The van der Waals surface area contributed by atoms with Crippen LogP contribution in [0.15, 0.2) is 47.3 Å². The molecule has 35 heavy (non-hydrogen) atoms. The van der Waals surface area contributed by atoms with Gasteiger partial charge in [-0.1, -0.05) is 42.3 Å². The van der Waals surface area contributed by atoms with Crippen molar-refractivity contribution >= 4 is 17.4 Å². The van der Waals surface area contributed by atoms with Crippen molar-refractivity contribution in [2.45, 2.75) is 58.0 Å². The normalized spacial score (nSPS) is 14.6. The van der Waals surface area contributed by atoms with Crippen LogP contribution in [0.4, 0.5) is 13.2 Å². The monoisotopic (exact) mass is 503 g/mol. The minimum absolute atomic E-state index is 0.0914. The zero-order chi connectivity index (χ0) is 25.4. The molecule has 0 atom stereocenters. The number of rotatable bonds is 7. The second kappa shape index (κ2) is 9.57. The number of hydrogen-bond donors (Lipinski definition) is 1. The molecular weight excluding hydrogens is 479 g/mol. The van der Waals surface area contributed by atoms with Gasteiger partial charge in [-0.3, -0.25) is 9.78 Å². The number of aryl methyl sites for hydroxylation is 1. The number of aromatic amines is 1. The van der Waals surface area contributed by atoms with Gasteiger partial charge in [-0.2, -0.15) is 18.2 Å². The van der Waals surface area contributed by atoms with Crippen molar-refractivity contribution in [1.29, 1.82) is 0 Å². The van der Waals surface area contributed by atoms with Crippen molar-refractivity contribution in [3.8, 4) is 22.8 Å². The van der Waals surface area contributed by atoms with Crippen LogP contribution in [0.3, 0.4) is 0 Å². The third-order valence-corrected chi connectivity index (χ3v) is 7.03. The Morgan fingerprint density at radius 1 is 1.11 bits per heavy atom. The summed E-state index contributed by atoms with van der Waals surface area (Å²) in [6, 6.07) is 12.7. The van der Waals surface area contributed by atoms with Gasteiger partial charge in [0, 0.05) is 17.5 Å². The number of carbonyl (C=O) groups excluding carboxylic acids is 1. The number of halogens is 4. The van der Waals surface area contributed by atoms with Crippen LogP contribution < -0.4 is 5.69 Å². The molecule has 3 aromatic rings. The maximum Gasteiger partial charge on any atom is 0.400 e. The average Bonchev–Trinajstić information content (AvgIpc) is 2.76. The number of nitrogens with zero attached hydrogens (tertiary/aromatic N) is 2. The van der Waals surface area contributed by atoms with Crippen LogP contribution in [0.1, 0.15) is 56.6 Å². The lowest BCUT2D eigenvalue weighted by Crippen LogP contribution is -2.39. The van der Waals surface area contributed by atoms with Gasteiger partial charge >= 0.3 is 11.9 Å². The van der Waals surface area contributed by atoms with Crippen LogP contribution >= 0.6 is 11.6 Å². The minimum Gasteiger partial charge on any atom is -0.299 e. The van der Waals surface area contributed by atoms with E-state index in [0.29, 0.717) is 27.6 Å². The number of ketones is 1. The second-order valence-electron chi connectivity index (χ2n) is 9.44. The minimum atomic E-state index is -4.62. The molecule has 0 spiro atoms. The molecule has 1 saturated carbocycles. The number of Topliss-reactive ketones (excluding diaryl/α,β-unsaturated/α-hetero) is 1. The fourth-order valence-electron chi connectivity index (χ4n) is 3.95. The molecule has 9 heteroatoms. The Hall–Kier alpha value is -3.00. The first kappa shape index (κ1) is 25.1. The fraction of sp³-hybridized carbons (Fsp3) is 0.385. The zero-order valence-electron chi connectivity index (χ0n) is 19.4. The number of benzene rings is 2. The van der Waals surface area contributed by atoms with E-state index in [4.69, 9.17) is 11.6 Å². The van der Waals surface area contributed by atoms with E-state index in [-0.39, 0.29) is 24.5 Å². The molecule has 0 amide bonds. The molecule has 0 saturated heterocycles. The van der Waals surface area contributed by atoms with Gasteiger partial charge in [0.05, 0.1) is 5.02 Å². The second-order valence-corrected chi connectivity index (χ2v) is 9.85. The lowest BCUT2D eigenvalue weighted by molar-refractivity contribution is -0.210. The quantitative estimate of drug-likeness (QED) is 0.399. The van der Waals surface area contributed by atoms with Crippen molar-refractivity contribution in [3.05, 3.63) is 69.1 Å². The summed E-state index contributed by atoms with van der Waals surface area (Å²) in [5.74, 6) is 0.0643. The van der Waals surface area contributed by atoms with E-state index < -0.39 is 23.1 Å². The highest BCUT2D eigenvalue weighted by atomic mass is 35.5. The van der Waals surface area contributed by atoms with Crippen LogP contribution in [0.5, 0.6) is 0 Å². The van der Waals surface area contributed by atoms with Crippen LogP contribution in [0.25, 0.3) is 22.8 Å². The molecule has 5 nitrogen and oxygen atoms in total. The highest BCUT2D eigenvalue weighted by molar-refractivity contribution is 6.33. The number of alkyl halides is 3. The number of aromatic nitrogens is 3. The first-order valence-corrected chi connectivity index (χ1v) is 11.8. The summed E-state index contributed by atoms with van der Waals surface area (Å²) in [7, 11) is 0. The van der Waals surface area contributed by atoms with Crippen molar-refractivity contribution in [2.75, 3.05) is 0 Å². The third kappa shape index (κ3) is 5.32. The predicted molar refractivity (Wildman–Crippen MR) is 128 cm³/mol. The van der Waals surface area contributed by atoms with Crippen molar-refractivity contribution in [3.63, 3.8) is 0 Å². The van der Waals surface area contributed by atoms with Crippen LogP contribution in [0, 0.1) is 5.41 Å². The maximum atomic E-state index is 13.2. The molecule has 2 aromatic carbocycles. The molecule has 4 rings (SSSR count). The number of nitrogens with one attached hydrogen (secondary N) is 1. The topological polar surface area (TPSA) is 75.7 Å². The van der Waals surface area contributed by atoms with Gasteiger partial charge < -0.3 is 0 Å². The molecule has 0 unspecified atom stereocenters. The fourth-order valence-corrected chi connectivity index (χ4v) is 4.16. The summed E-state index contributed by atoms with van der Waals surface area (Å²) in [5.41, 5.74) is -0.114. The zero-order valence-corrected chi connectivity index (χ0v) is 20.1. The summed E-state index contributed by atoms with van der Waals surface area (Å²) in [5, 5.41) is 0.305. The predicted octanol–water partition coefficient (Wildman–Crippen LogP) is 6.51. The van der Waals surface area contributed by atoms with Crippen molar-refractivity contribution < 1.29 is 18.0 Å². The molecule has 1 fully saturated rings. The van der Waals surface area contributed by atoms with Crippen LogP contribution in [-0.2, 0) is 11.2 Å². The summed E-state index contributed by atoms with van der Waals surface area (Å²) < 4.78 is 39.5. The molecule has 1 aromatic heterocycles. The number of carbonyl (C=O) groups is 1. The van der Waals surface area contributed by atoms with Gasteiger partial charge in [-0.25, -0.2) is 9.78 Å². The summed E-state index contributed by atoms with van der Waals surface area (Å²) in [4.78, 5) is 35.7. The largest absolute Gasteiger partial charge is 0.400 e. The highest BCUT2D eigenvalue weighted by Gasteiger charge is 2.51. The van der Waals surface area contributed by atoms with Crippen LogP contribution in [0.2, 0.25) is 5.02 Å². The van der Waals surface area contributed by atoms with Gasteiger partial charge in [0.15, 0.2) is 5.82 Å². The number of hydrogen-bond acceptors (Lipinski definition) is 4. The first-order chi connectivity index (χ1) is 16.5. The average molecular weight is 504 g/mol. The molecule has 1 heterocycles. The van der Waals surface area contributed by atoms with E-state index in [1.807, 2.05) is 18.2 Å². The highest BCUT2D eigenvalue weighted by Crippen LogP contribution is 2.40.